The lowest BCUT2D eigenvalue weighted by Gasteiger charge is -2.13. The SMILES string of the molecule is Fc1cccc(Nc2nc3cc4ccccc4cc3nc2Sc2c(Cl)cccc2Cl)c1. The Morgan fingerprint density at radius 3 is 2.06 bits per heavy atom. The van der Waals surface area contributed by atoms with Crippen LogP contribution in [-0.4, -0.2) is 9.97 Å². The van der Waals surface area contributed by atoms with Crippen molar-refractivity contribution in [2.24, 2.45) is 0 Å². The summed E-state index contributed by atoms with van der Waals surface area (Å²) >= 11 is 14.1. The van der Waals surface area contributed by atoms with Crippen LogP contribution in [0.3, 0.4) is 0 Å². The Labute approximate surface area is 192 Å². The molecule has 3 nitrogen and oxygen atoms in total. The van der Waals surface area contributed by atoms with Gasteiger partial charge in [0, 0.05) is 5.69 Å². The zero-order valence-electron chi connectivity index (χ0n) is 15.9. The summed E-state index contributed by atoms with van der Waals surface area (Å²) in [5, 5.41) is 6.96. The molecule has 0 fully saturated rings. The lowest BCUT2D eigenvalue weighted by atomic mass is 10.1. The molecule has 0 aliphatic carbocycles. The fourth-order valence-corrected chi connectivity index (χ4v) is 4.75. The molecule has 4 aromatic carbocycles. The molecule has 0 aliphatic rings. The number of rotatable bonds is 4. The first-order chi connectivity index (χ1) is 15.1. The molecule has 7 heteroatoms. The maximum atomic E-state index is 13.7. The average molecular weight is 466 g/mol. The van der Waals surface area contributed by atoms with E-state index in [1.54, 1.807) is 30.3 Å². The smallest absolute Gasteiger partial charge is 0.164 e. The van der Waals surface area contributed by atoms with Gasteiger partial charge >= 0.3 is 0 Å². The van der Waals surface area contributed by atoms with Crippen molar-refractivity contribution in [3.05, 3.63) is 94.7 Å². The Bertz CT molecular complexity index is 1420. The fraction of sp³-hybridized carbons (Fsp3) is 0. The molecule has 0 saturated heterocycles. The fourth-order valence-electron chi connectivity index (χ4n) is 3.26. The quantitative estimate of drug-likeness (QED) is 0.272. The second-order valence-corrected chi connectivity index (χ2v) is 8.67. The standard InChI is InChI=1S/C24H14Cl2FN3S/c25-18-9-4-10-19(26)22(18)31-24-23(28-17-8-3-7-16(27)13-17)29-20-11-14-5-1-2-6-15(14)12-21(20)30-24/h1-13H,(H,28,29). The van der Waals surface area contributed by atoms with Crippen LogP contribution in [0.5, 0.6) is 0 Å². The number of halogens is 3. The number of hydrogen-bond donors (Lipinski definition) is 1. The molecule has 5 rings (SSSR count). The van der Waals surface area contributed by atoms with Crippen molar-refractivity contribution < 1.29 is 4.39 Å². The number of aromatic nitrogens is 2. The predicted molar refractivity (Wildman–Crippen MR) is 127 cm³/mol. The van der Waals surface area contributed by atoms with Crippen LogP contribution in [-0.2, 0) is 0 Å². The highest BCUT2D eigenvalue weighted by Gasteiger charge is 2.16. The molecule has 0 unspecified atom stereocenters. The maximum Gasteiger partial charge on any atom is 0.164 e. The van der Waals surface area contributed by atoms with E-state index < -0.39 is 0 Å². The number of anilines is 2. The van der Waals surface area contributed by atoms with Crippen molar-refractivity contribution >= 4 is 68.3 Å². The van der Waals surface area contributed by atoms with Crippen molar-refractivity contribution in [1.29, 1.82) is 0 Å². The highest BCUT2D eigenvalue weighted by molar-refractivity contribution is 7.99. The molecule has 1 aromatic heterocycles. The third-order valence-corrected chi connectivity index (χ3v) is 6.68. The molecule has 152 valence electrons. The van der Waals surface area contributed by atoms with Gasteiger partial charge in [-0.1, -0.05) is 71.4 Å². The Morgan fingerprint density at radius 1 is 0.742 bits per heavy atom. The highest BCUT2D eigenvalue weighted by atomic mass is 35.5. The Balaban J connectivity index is 1.68. The number of nitrogens with one attached hydrogen (secondary N) is 1. The first-order valence-corrected chi connectivity index (χ1v) is 11.0. The second-order valence-electron chi connectivity index (χ2n) is 6.85. The van der Waals surface area contributed by atoms with E-state index in [2.05, 4.69) is 5.32 Å². The lowest BCUT2D eigenvalue weighted by Crippen LogP contribution is -2.00. The molecule has 1 heterocycles. The van der Waals surface area contributed by atoms with Crippen LogP contribution < -0.4 is 5.32 Å². The van der Waals surface area contributed by atoms with E-state index in [-0.39, 0.29) is 5.82 Å². The van der Waals surface area contributed by atoms with Crippen molar-refractivity contribution in [3.63, 3.8) is 0 Å². The van der Waals surface area contributed by atoms with Gasteiger partial charge in [0.1, 0.15) is 10.8 Å². The average Bonchev–Trinajstić information content (AvgIpc) is 2.75. The molecular formula is C24H14Cl2FN3S. The summed E-state index contributed by atoms with van der Waals surface area (Å²) in [6.07, 6.45) is 0. The molecular weight excluding hydrogens is 452 g/mol. The van der Waals surface area contributed by atoms with Crippen LogP contribution in [0.4, 0.5) is 15.9 Å². The van der Waals surface area contributed by atoms with E-state index in [9.17, 15) is 4.39 Å². The van der Waals surface area contributed by atoms with Gasteiger partial charge in [0.2, 0.25) is 0 Å². The Kier molecular flexibility index (Phi) is 5.40. The first-order valence-electron chi connectivity index (χ1n) is 9.42. The van der Waals surface area contributed by atoms with Gasteiger partial charge in [-0.05, 0) is 53.2 Å². The highest BCUT2D eigenvalue weighted by Crippen LogP contribution is 2.41. The monoisotopic (exact) mass is 465 g/mol. The van der Waals surface area contributed by atoms with Gasteiger partial charge in [0.15, 0.2) is 5.82 Å². The number of fused-ring (bicyclic) bond motifs is 2. The summed E-state index contributed by atoms with van der Waals surface area (Å²) in [6.45, 7) is 0. The van der Waals surface area contributed by atoms with E-state index in [1.165, 1.54) is 23.9 Å². The summed E-state index contributed by atoms with van der Waals surface area (Å²) in [7, 11) is 0. The molecule has 0 aliphatic heterocycles. The lowest BCUT2D eigenvalue weighted by molar-refractivity contribution is 0.628. The van der Waals surface area contributed by atoms with Crippen molar-refractivity contribution in [2.45, 2.75) is 9.92 Å². The van der Waals surface area contributed by atoms with E-state index >= 15 is 0 Å². The van der Waals surface area contributed by atoms with Crippen LogP contribution in [0.15, 0.2) is 88.8 Å². The van der Waals surface area contributed by atoms with Crippen LogP contribution in [0, 0.1) is 5.82 Å². The Morgan fingerprint density at radius 2 is 1.39 bits per heavy atom. The van der Waals surface area contributed by atoms with Gasteiger partial charge in [-0.25, -0.2) is 14.4 Å². The summed E-state index contributed by atoms with van der Waals surface area (Å²) in [5.41, 5.74) is 2.04. The van der Waals surface area contributed by atoms with E-state index in [0.717, 1.165) is 21.8 Å². The van der Waals surface area contributed by atoms with E-state index in [4.69, 9.17) is 33.2 Å². The van der Waals surface area contributed by atoms with Crippen molar-refractivity contribution in [3.8, 4) is 0 Å². The van der Waals surface area contributed by atoms with Crippen LogP contribution >= 0.6 is 35.0 Å². The van der Waals surface area contributed by atoms with Gasteiger partial charge in [-0.2, -0.15) is 0 Å². The topological polar surface area (TPSA) is 37.8 Å². The van der Waals surface area contributed by atoms with E-state index in [1.807, 2.05) is 36.4 Å². The van der Waals surface area contributed by atoms with Gasteiger partial charge in [-0.15, -0.1) is 0 Å². The molecule has 0 saturated carbocycles. The minimum Gasteiger partial charge on any atom is -0.338 e. The molecule has 0 bridgehead atoms. The molecule has 0 atom stereocenters. The third-order valence-electron chi connectivity index (χ3n) is 4.70. The minimum atomic E-state index is -0.340. The Hall–Kier alpha value is -2.86. The number of nitrogens with zero attached hydrogens (tertiary/aromatic N) is 2. The summed E-state index contributed by atoms with van der Waals surface area (Å²) in [4.78, 5) is 10.3. The van der Waals surface area contributed by atoms with Crippen LogP contribution in [0.2, 0.25) is 10.0 Å². The first kappa shape index (κ1) is 20.1. The van der Waals surface area contributed by atoms with Crippen LogP contribution in [0.25, 0.3) is 21.8 Å². The van der Waals surface area contributed by atoms with Crippen molar-refractivity contribution in [2.75, 3.05) is 5.32 Å². The second kappa shape index (κ2) is 8.35. The molecule has 0 spiro atoms. The molecule has 31 heavy (non-hydrogen) atoms. The normalized spacial score (nSPS) is 11.2. The van der Waals surface area contributed by atoms with Gasteiger partial charge < -0.3 is 5.32 Å². The van der Waals surface area contributed by atoms with Gasteiger partial charge in [0.05, 0.1) is 26.0 Å². The maximum absolute atomic E-state index is 13.7. The van der Waals surface area contributed by atoms with Crippen molar-refractivity contribution in [1.82, 2.24) is 9.97 Å². The molecule has 0 amide bonds. The predicted octanol–water partition coefficient (Wildman–Crippen LogP) is 8.12. The minimum absolute atomic E-state index is 0.340. The molecule has 5 aromatic rings. The largest absolute Gasteiger partial charge is 0.338 e. The van der Waals surface area contributed by atoms with Gasteiger partial charge in [-0.3, -0.25) is 0 Å². The van der Waals surface area contributed by atoms with E-state index in [0.29, 0.717) is 31.5 Å². The zero-order valence-corrected chi connectivity index (χ0v) is 18.3. The zero-order chi connectivity index (χ0) is 21.4. The summed E-state index contributed by atoms with van der Waals surface area (Å²) in [6, 6.07) is 23.6. The summed E-state index contributed by atoms with van der Waals surface area (Å²) in [5.74, 6) is 0.155. The van der Waals surface area contributed by atoms with Gasteiger partial charge in [0.25, 0.3) is 0 Å². The number of hydrogen-bond acceptors (Lipinski definition) is 4. The van der Waals surface area contributed by atoms with Crippen LogP contribution in [0.1, 0.15) is 0 Å². The number of benzene rings is 4. The molecule has 1 N–H and O–H groups in total. The molecule has 0 radical (unpaired) electrons. The summed E-state index contributed by atoms with van der Waals surface area (Å²) < 4.78 is 13.7. The third kappa shape index (κ3) is 4.17.